The molecule has 0 atom stereocenters. The summed E-state index contributed by atoms with van der Waals surface area (Å²) in [7, 11) is 0. The summed E-state index contributed by atoms with van der Waals surface area (Å²) in [5, 5.41) is 5.00. The van der Waals surface area contributed by atoms with E-state index in [1.54, 1.807) is 17.5 Å². The van der Waals surface area contributed by atoms with Crippen LogP contribution >= 0.6 is 38.9 Å². The Morgan fingerprint density at radius 2 is 2.29 bits per heavy atom. The van der Waals surface area contributed by atoms with Crippen LogP contribution in [0.4, 0.5) is 5.69 Å². The fourth-order valence-electron chi connectivity index (χ4n) is 1.26. The lowest BCUT2D eigenvalue weighted by Gasteiger charge is -2.04. The van der Waals surface area contributed by atoms with Gasteiger partial charge in [-0.3, -0.25) is 4.79 Å². The SMILES string of the molecule is Cc1cc(NC(=O)c2csc(Br)c2)cnc1Cl. The highest BCUT2D eigenvalue weighted by atomic mass is 79.9. The van der Waals surface area contributed by atoms with Crippen LogP contribution in [0.3, 0.4) is 0 Å². The van der Waals surface area contributed by atoms with Crippen molar-refractivity contribution in [3.05, 3.63) is 43.8 Å². The van der Waals surface area contributed by atoms with E-state index in [0.717, 1.165) is 9.35 Å². The predicted octanol–water partition coefficient (Wildman–Crippen LogP) is 4.12. The molecule has 2 heterocycles. The van der Waals surface area contributed by atoms with E-state index in [1.165, 1.54) is 17.5 Å². The molecule has 0 saturated carbocycles. The van der Waals surface area contributed by atoms with Gasteiger partial charge >= 0.3 is 0 Å². The Labute approximate surface area is 116 Å². The number of anilines is 1. The number of nitrogens with one attached hydrogen (secondary N) is 1. The average Bonchev–Trinajstić information content (AvgIpc) is 2.70. The van der Waals surface area contributed by atoms with E-state index >= 15 is 0 Å². The number of thiophene rings is 1. The minimum atomic E-state index is -0.157. The molecule has 0 radical (unpaired) electrons. The Kier molecular flexibility index (Phi) is 3.81. The van der Waals surface area contributed by atoms with Gasteiger partial charge in [0, 0.05) is 5.38 Å². The fraction of sp³-hybridized carbons (Fsp3) is 0.0909. The predicted molar refractivity (Wildman–Crippen MR) is 74.0 cm³/mol. The van der Waals surface area contributed by atoms with Crippen molar-refractivity contribution in [2.24, 2.45) is 0 Å². The summed E-state index contributed by atoms with van der Waals surface area (Å²) in [6.07, 6.45) is 1.54. The van der Waals surface area contributed by atoms with Crippen molar-refractivity contribution in [3.63, 3.8) is 0 Å². The van der Waals surface area contributed by atoms with Crippen LogP contribution in [0, 0.1) is 6.92 Å². The van der Waals surface area contributed by atoms with Crippen molar-refractivity contribution >= 4 is 50.5 Å². The zero-order chi connectivity index (χ0) is 12.4. The van der Waals surface area contributed by atoms with Gasteiger partial charge in [0.25, 0.3) is 5.91 Å². The number of carbonyl (C=O) groups excluding carboxylic acids is 1. The number of carbonyl (C=O) groups is 1. The number of nitrogens with zero attached hydrogens (tertiary/aromatic N) is 1. The molecule has 0 spiro atoms. The Morgan fingerprint density at radius 1 is 1.53 bits per heavy atom. The van der Waals surface area contributed by atoms with Crippen LogP contribution in [0.15, 0.2) is 27.5 Å². The number of hydrogen-bond acceptors (Lipinski definition) is 3. The topological polar surface area (TPSA) is 42.0 Å². The lowest BCUT2D eigenvalue weighted by atomic mass is 10.2. The van der Waals surface area contributed by atoms with Crippen molar-refractivity contribution in [2.75, 3.05) is 5.32 Å². The third-order valence-corrected chi connectivity index (χ3v) is 4.00. The highest BCUT2D eigenvalue weighted by molar-refractivity contribution is 9.11. The molecule has 0 aliphatic carbocycles. The summed E-state index contributed by atoms with van der Waals surface area (Å²) >= 11 is 10.6. The molecular formula is C11H8BrClN2OS. The zero-order valence-corrected chi connectivity index (χ0v) is 12.0. The first-order chi connectivity index (χ1) is 8.06. The molecule has 0 fully saturated rings. The lowest BCUT2D eigenvalue weighted by Crippen LogP contribution is -2.11. The van der Waals surface area contributed by atoms with Gasteiger partial charge in [0.2, 0.25) is 0 Å². The van der Waals surface area contributed by atoms with E-state index in [0.29, 0.717) is 16.4 Å². The normalized spacial score (nSPS) is 10.3. The molecule has 2 aromatic heterocycles. The minimum absolute atomic E-state index is 0.157. The van der Waals surface area contributed by atoms with Crippen LogP contribution in [-0.4, -0.2) is 10.9 Å². The fourth-order valence-corrected chi connectivity index (χ4v) is 2.50. The minimum Gasteiger partial charge on any atom is -0.321 e. The first kappa shape index (κ1) is 12.5. The second kappa shape index (κ2) is 5.16. The van der Waals surface area contributed by atoms with Crippen LogP contribution < -0.4 is 5.32 Å². The van der Waals surface area contributed by atoms with Crippen LogP contribution in [0.5, 0.6) is 0 Å². The van der Waals surface area contributed by atoms with Crippen molar-refractivity contribution in [2.45, 2.75) is 6.92 Å². The van der Waals surface area contributed by atoms with Gasteiger partial charge < -0.3 is 5.32 Å². The molecule has 0 aromatic carbocycles. The molecule has 88 valence electrons. The van der Waals surface area contributed by atoms with E-state index in [1.807, 2.05) is 6.92 Å². The van der Waals surface area contributed by atoms with Gasteiger partial charge in [-0.2, -0.15) is 0 Å². The Morgan fingerprint density at radius 3 is 2.88 bits per heavy atom. The van der Waals surface area contributed by atoms with Gasteiger partial charge in [-0.1, -0.05) is 11.6 Å². The molecule has 17 heavy (non-hydrogen) atoms. The molecule has 1 N–H and O–H groups in total. The first-order valence-electron chi connectivity index (χ1n) is 4.74. The van der Waals surface area contributed by atoms with Gasteiger partial charge in [-0.15, -0.1) is 11.3 Å². The zero-order valence-electron chi connectivity index (χ0n) is 8.83. The number of hydrogen-bond donors (Lipinski definition) is 1. The number of aryl methyl sites for hydroxylation is 1. The second-order valence-electron chi connectivity index (χ2n) is 3.43. The maximum atomic E-state index is 11.8. The lowest BCUT2D eigenvalue weighted by molar-refractivity contribution is 0.102. The van der Waals surface area contributed by atoms with E-state index in [4.69, 9.17) is 11.6 Å². The molecule has 1 amide bonds. The molecule has 0 saturated heterocycles. The van der Waals surface area contributed by atoms with E-state index < -0.39 is 0 Å². The number of amides is 1. The van der Waals surface area contributed by atoms with Crippen molar-refractivity contribution < 1.29 is 4.79 Å². The van der Waals surface area contributed by atoms with Gasteiger partial charge in [0.15, 0.2) is 0 Å². The molecule has 0 bridgehead atoms. The molecule has 0 aliphatic rings. The van der Waals surface area contributed by atoms with Crippen LogP contribution in [0.1, 0.15) is 15.9 Å². The summed E-state index contributed by atoms with van der Waals surface area (Å²) in [6, 6.07) is 3.56. The quantitative estimate of drug-likeness (QED) is 0.841. The van der Waals surface area contributed by atoms with Crippen LogP contribution in [-0.2, 0) is 0 Å². The van der Waals surface area contributed by atoms with E-state index in [9.17, 15) is 4.79 Å². The maximum absolute atomic E-state index is 11.8. The molecule has 2 rings (SSSR count). The third-order valence-electron chi connectivity index (χ3n) is 2.10. The molecule has 0 aliphatic heterocycles. The average molecular weight is 332 g/mol. The largest absolute Gasteiger partial charge is 0.321 e. The third kappa shape index (κ3) is 3.06. The number of halogens is 2. The highest BCUT2D eigenvalue weighted by Gasteiger charge is 2.09. The molecule has 6 heteroatoms. The Bertz CT molecular complexity index is 570. The summed E-state index contributed by atoms with van der Waals surface area (Å²) in [5.74, 6) is -0.157. The van der Waals surface area contributed by atoms with Crippen molar-refractivity contribution in [1.29, 1.82) is 0 Å². The summed E-state index contributed by atoms with van der Waals surface area (Å²) in [5.41, 5.74) is 2.09. The van der Waals surface area contributed by atoms with Gasteiger partial charge in [0.05, 0.1) is 21.2 Å². The molecule has 2 aromatic rings. The molecule has 3 nitrogen and oxygen atoms in total. The van der Waals surface area contributed by atoms with Crippen molar-refractivity contribution in [1.82, 2.24) is 4.98 Å². The van der Waals surface area contributed by atoms with Gasteiger partial charge in [-0.25, -0.2) is 4.98 Å². The van der Waals surface area contributed by atoms with E-state index in [2.05, 4.69) is 26.2 Å². The Balaban J connectivity index is 2.15. The first-order valence-corrected chi connectivity index (χ1v) is 6.79. The maximum Gasteiger partial charge on any atom is 0.256 e. The number of aromatic nitrogens is 1. The number of pyridine rings is 1. The smallest absolute Gasteiger partial charge is 0.256 e. The molecule has 0 unspecified atom stereocenters. The summed E-state index contributed by atoms with van der Waals surface area (Å²) in [6.45, 7) is 1.84. The van der Waals surface area contributed by atoms with Crippen molar-refractivity contribution in [3.8, 4) is 0 Å². The number of rotatable bonds is 2. The summed E-state index contributed by atoms with van der Waals surface area (Å²) < 4.78 is 0.924. The van der Waals surface area contributed by atoms with E-state index in [-0.39, 0.29) is 5.91 Å². The van der Waals surface area contributed by atoms with Gasteiger partial charge in [0.1, 0.15) is 5.15 Å². The summed E-state index contributed by atoms with van der Waals surface area (Å²) in [4.78, 5) is 15.8. The van der Waals surface area contributed by atoms with Crippen LogP contribution in [0.2, 0.25) is 5.15 Å². The second-order valence-corrected chi connectivity index (χ2v) is 6.07. The Hall–Kier alpha value is -0.910. The van der Waals surface area contributed by atoms with Crippen LogP contribution in [0.25, 0.3) is 0 Å². The molecular weight excluding hydrogens is 324 g/mol. The highest BCUT2D eigenvalue weighted by Crippen LogP contribution is 2.22. The standard InChI is InChI=1S/C11H8BrClN2OS/c1-6-2-8(4-14-10(6)13)15-11(16)7-3-9(12)17-5-7/h2-5H,1H3,(H,15,16). The monoisotopic (exact) mass is 330 g/mol. The van der Waals surface area contributed by atoms with Gasteiger partial charge in [-0.05, 0) is 40.5 Å².